The molecule has 2 aromatic carbocycles. The van der Waals surface area contributed by atoms with Crippen LogP contribution in [0.4, 0.5) is 5.69 Å². The number of benzene rings is 2. The van der Waals surface area contributed by atoms with Crippen molar-refractivity contribution in [2.24, 2.45) is 0 Å². The van der Waals surface area contributed by atoms with Crippen molar-refractivity contribution in [1.29, 1.82) is 0 Å². The number of anilines is 1. The Hall–Kier alpha value is -1.63. The number of nitrogens with one attached hydrogen (secondary N) is 2. The largest absolute Gasteiger partial charge is 0.494 e. The van der Waals surface area contributed by atoms with E-state index < -0.39 is 5.66 Å². The molecule has 1 fully saturated rings. The van der Waals surface area contributed by atoms with E-state index in [1.165, 1.54) is 0 Å². The van der Waals surface area contributed by atoms with Crippen LogP contribution in [-0.2, 0) is 5.66 Å². The molecule has 1 atom stereocenters. The minimum atomic E-state index is -0.463. The Morgan fingerprint density at radius 1 is 1.13 bits per heavy atom. The van der Waals surface area contributed by atoms with E-state index in [1.807, 2.05) is 60.5 Å². The van der Waals surface area contributed by atoms with Crippen LogP contribution in [0.5, 0.6) is 5.75 Å². The van der Waals surface area contributed by atoms with Crippen molar-refractivity contribution in [3.05, 3.63) is 58.6 Å². The number of nitrogens with zero attached hydrogens (tertiary/aromatic N) is 1. The normalized spacial score (nSPS) is 20.5. The molecule has 2 N–H and O–H groups in total. The molecule has 0 spiro atoms. The molecule has 4 nitrogen and oxygen atoms in total. The first kappa shape index (κ1) is 16.2. The van der Waals surface area contributed by atoms with Crippen LogP contribution in [0.1, 0.15) is 19.4 Å². The molecule has 2 aromatic rings. The zero-order valence-electron chi connectivity index (χ0n) is 13.0. The number of rotatable bonds is 4. The van der Waals surface area contributed by atoms with E-state index in [2.05, 4.69) is 33.6 Å². The van der Waals surface area contributed by atoms with Crippen LogP contribution in [0.3, 0.4) is 0 Å². The highest BCUT2D eigenvalue weighted by Crippen LogP contribution is 2.28. The number of hydrogen-bond acceptors (Lipinski definition) is 3. The Kier molecular flexibility index (Phi) is 4.57. The van der Waals surface area contributed by atoms with Gasteiger partial charge in [0.05, 0.1) is 12.3 Å². The topological polar surface area (TPSA) is 36.5 Å². The SMILES string of the molecule is CCOc1ccc([C@@]2(C)NC(=S)N(c3ccc(Br)cc3)N2)cc1. The van der Waals surface area contributed by atoms with Crippen LogP contribution in [0, 0.1) is 0 Å². The molecule has 0 aliphatic carbocycles. The first-order valence-corrected chi connectivity index (χ1v) is 8.61. The van der Waals surface area contributed by atoms with Gasteiger partial charge in [-0.15, -0.1) is 0 Å². The summed E-state index contributed by atoms with van der Waals surface area (Å²) in [6, 6.07) is 16.0. The average Bonchev–Trinajstić information content (AvgIpc) is 2.85. The molecular weight excluding hydrogens is 374 g/mol. The summed E-state index contributed by atoms with van der Waals surface area (Å²) in [5.74, 6) is 0.866. The number of thiocarbonyl (C=S) groups is 1. The van der Waals surface area contributed by atoms with Gasteiger partial charge in [-0.25, -0.2) is 5.01 Å². The third kappa shape index (κ3) is 3.34. The maximum absolute atomic E-state index is 5.50. The van der Waals surface area contributed by atoms with Crippen molar-refractivity contribution in [3.63, 3.8) is 0 Å². The highest BCUT2D eigenvalue weighted by Gasteiger charge is 2.38. The van der Waals surface area contributed by atoms with Gasteiger partial charge in [0, 0.05) is 4.47 Å². The summed E-state index contributed by atoms with van der Waals surface area (Å²) in [7, 11) is 0. The predicted octanol–water partition coefficient (Wildman–Crippen LogP) is 3.92. The fourth-order valence-corrected chi connectivity index (χ4v) is 3.15. The molecule has 0 unspecified atom stereocenters. The van der Waals surface area contributed by atoms with Gasteiger partial charge in [0.1, 0.15) is 11.4 Å². The second-order valence-electron chi connectivity index (χ2n) is 5.44. The molecule has 3 rings (SSSR count). The molecule has 1 aliphatic heterocycles. The number of hydrogen-bond donors (Lipinski definition) is 2. The first-order chi connectivity index (χ1) is 11.0. The standard InChI is InChI=1S/C17H18BrN3OS/c1-3-22-15-10-4-12(5-11-15)17(2)19-16(23)21(20-17)14-8-6-13(18)7-9-14/h4-11,20H,3H2,1-2H3,(H,19,23)/t17-/m0/s1. The molecule has 6 heteroatoms. The molecule has 0 radical (unpaired) electrons. The van der Waals surface area contributed by atoms with Crippen molar-refractivity contribution in [2.75, 3.05) is 11.6 Å². The van der Waals surface area contributed by atoms with E-state index in [1.54, 1.807) is 0 Å². The Morgan fingerprint density at radius 2 is 1.78 bits per heavy atom. The molecule has 0 aromatic heterocycles. The van der Waals surface area contributed by atoms with E-state index in [4.69, 9.17) is 17.0 Å². The van der Waals surface area contributed by atoms with Gasteiger partial charge in [-0.3, -0.25) is 0 Å². The molecule has 0 amide bonds. The molecule has 23 heavy (non-hydrogen) atoms. The van der Waals surface area contributed by atoms with Gasteiger partial charge in [0.2, 0.25) is 0 Å². The molecule has 1 heterocycles. The first-order valence-electron chi connectivity index (χ1n) is 7.41. The summed E-state index contributed by atoms with van der Waals surface area (Å²) >= 11 is 8.94. The number of ether oxygens (including phenoxy) is 1. The van der Waals surface area contributed by atoms with Gasteiger partial charge in [0.15, 0.2) is 5.11 Å². The van der Waals surface area contributed by atoms with Crippen LogP contribution in [-0.4, -0.2) is 11.7 Å². The van der Waals surface area contributed by atoms with Crippen molar-refractivity contribution in [3.8, 4) is 5.75 Å². The summed E-state index contributed by atoms with van der Waals surface area (Å²) in [4.78, 5) is 0. The lowest BCUT2D eigenvalue weighted by molar-refractivity contribution is 0.339. The van der Waals surface area contributed by atoms with Crippen molar-refractivity contribution in [2.45, 2.75) is 19.5 Å². The lowest BCUT2D eigenvalue weighted by Crippen LogP contribution is -2.45. The lowest BCUT2D eigenvalue weighted by atomic mass is 10.0. The monoisotopic (exact) mass is 391 g/mol. The van der Waals surface area contributed by atoms with Crippen LogP contribution >= 0.6 is 28.1 Å². The fraction of sp³-hybridized carbons (Fsp3) is 0.235. The molecule has 0 bridgehead atoms. The van der Waals surface area contributed by atoms with E-state index >= 15 is 0 Å². The highest BCUT2D eigenvalue weighted by atomic mass is 79.9. The third-order valence-corrected chi connectivity index (χ3v) is 4.54. The number of hydrazine groups is 1. The van der Waals surface area contributed by atoms with E-state index in [0.29, 0.717) is 11.7 Å². The van der Waals surface area contributed by atoms with Gasteiger partial charge in [0.25, 0.3) is 0 Å². The Balaban J connectivity index is 1.83. The Morgan fingerprint density at radius 3 is 2.39 bits per heavy atom. The van der Waals surface area contributed by atoms with Gasteiger partial charge in [-0.05, 0) is 68.0 Å². The maximum atomic E-state index is 5.50. The van der Waals surface area contributed by atoms with Gasteiger partial charge < -0.3 is 10.1 Å². The third-order valence-electron chi connectivity index (χ3n) is 3.72. The second kappa shape index (κ2) is 6.47. The van der Waals surface area contributed by atoms with Gasteiger partial charge in [-0.2, -0.15) is 5.43 Å². The summed E-state index contributed by atoms with van der Waals surface area (Å²) in [5, 5.41) is 5.88. The predicted molar refractivity (Wildman–Crippen MR) is 100 cm³/mol. The molecule has 1 saturated heterocycles. The van der Waals surface area contributed by atoms with Crippen molar-refractivity contribution in [1.82, 2.24) is 10.7 Å². The molecule has 1 aliphatic rings. The maximum Gasteiger partial charge on any atom is 0.190 e. The summed E-state index contributed by atoms with van der Waals surface area (Å²) in [6.07, 6.45) is 0. The van der Waals surface area contributed by atoms with E-state index in [-0.39, 0.29) is 0 Å². The van der Waals surface area contributed by atoms with Crippen LogP contribution in [0.25, 0.3) is 0 Å². The summed E-state index contributed by atoms with van der Waals surface area (Å²) < 4.78 is 6.53. The zero-order chi connectivity index (χ0) is 16.4. The lowest BCUT2D eigenvalue weighted by Gasteiger charge is -2.26. The Labute approximate surface area is 149 Å². The van der Waals surface area contributed by atoms with Crippen LogP contribution < -0.4 is 20.5 Å². The Bertz CT molecular complexity index is 705. The van der Waals surface area contributed by atoms with Gasteiger partial charge >= 0.3 is 0 Å². The summed E-state index contributed by atoms with van der Waals surface area (Å²) in [5.41, 5.74) is 5.05. The fourth-order valence-electron chi connectivity index (χ4n) is 2.53. The highest BCUT2D eigenvalue weighted by molar-refractivity contribution is 9.10. The van der Waals surface area contributed by atoms with Crippen molar-refractivity contribution < 1.29 is 4.74 Å². The molecule has 120 valence electrons. The van der Waals surface area contributed by atoms with Crippen molar-refractivity contribution >= 4 is 38.9 Å². The van der Waals surface area contributed by atoms with Crippen LogP contribution in [0.2, 0.25) is 0 Å². The molecular formula is C17H18BrN3OS. The zero-order valence-corrected chi connectivity index (χ0v) is 15.4. The smallest absolute Gasteiger partial charge is 0.190 e. The van der Waals surface area contributed by atoms with Crippen LogP contribution in [0.15, 0.2) is 53.0 Å². The number of halogens is 1. The minimum absolute atomic E-state index is 0.463. The van der Waals surface area contributed by atoms with E-state index in [9.17, 15) is 0 Å². The van der Waals surface area contributed by atoms with Gasteiger partial charge in [-0.1, -0.05) is 28.1 Å². The summed E-state index contributed by atoms with van der Waals surface area (Å²) in [6.45, 7) is 4.70. The molecule has 0 saturated carbocycles. The quantitative estimate of drug-likeness (QED) is 0.772. The minimum Gasteiger partial charge on any atom is -0.494 e. The second-order valence-corrected chi connectivity index (χ2v) is 6.74. The van der Waals surface area contributed by atoms with E-state index in [0.717, 1.165) is 21.5 Å². The average molecular weight is 392 g/mol.